The third-order valence-corrected chi connectivity index (χ3v) is 4.34. The van der Waals surface area contributed by atoms with E-state index in [1.165, 1.54) is 0 Å². The summed E-state index contributed by atoms with van der Waals surface area (Å²) < 4.78 is 10.8. The van der Waals surface area contributed by atoms with E-state index < -0.39 is 6.10 Å². The van der Waals surface area contributed by atoms with Crippen molar-refractivity contribution >= 4 is 23.3 Å². The molecule has 2 N–H and O–H groups in total. The van der Waals surface area contributed by atoms with E-state index in [9.17, 15) is 9.59 Å². The molecule has 2 atom stereocenters. The quantitative estimate of drug-likeness (QED) is 0.820. The minimum atomic E-state index is -0.684. The molecule has 2 aromatic rings. The van der Waals surface area contributed by atoms with Crippen LogP contribution in [0.1, 0.15) is 13.8 Å². The van der Waals surface area contributed by atoms with Gasteiger partial charge in [-0.3, -0.25) is 9.69 Å². The number of urea groups is 1. The van der Waals surface area contributed by atoms with E-state index in [-0.39, 0.29) is 18.0 Å². The highest BCUT2D eigenvalue weighted by atomic mass is 16.5. The van der Waals surface area contributed by atoms with E-state index in [0.29, 0.717) is 18.0 Å². The number of hydrogen-bond acceptors (Lipinski definition) is 4. The van der Waals surface area contributed by atoms with Gasteiger partial charge in [-0.05, 0) is 56.3 Å². The second kappa shape index (κ2) is 7.99. The molecule has 1 saturated heterocycles. The molecule has 1 aliphatic heterocycles. The van der Waals surface area contributed by atoms with Crippen molar-refractivity contribution in [1.29, 1.82) is 0 Å². The number of carbonyl (C=O) groups excluding carboxylic acids is 2. The Morgan fingerprint density at radius 2 is 1.93 bits per heavy atom. The van der Waals surface area contributed by atoms with E-state index in [2.05, 4.69) is 10.6 Å². The first kappa shape index (κ1) is 18.6. The highest BCUT2D eigenvalue weighted by Gasteiger charge is 2.28. The van der Waals surface area contributed by atoms with Gasteiger partial charge >= 0.3 is 6.03 Å². The van der Waals surface area contributed by atoms with Crippen molar-refractivity contribution in [3.63, 3.8) is 0 Å². The summed E-state index contributed by atoms with van der Waals surface area (Å²) in [5.41, 5.74) is 1.34. The number of methoxy groups -OCH3 is 1. The van der Waals surface area contributed by atoms with Crippen LogP contribution < -0.4 is 25.0 Å². The highest BCUT2D eigenvalue weighted by molar-refractivity contribution is 5.97. The minimum absolute atomic E-state index is 0.0563. The third-order valence-electron chi connectivity index (χ3n) is 4.34. The van der Waals surface area contributed by atoms with Crippen LogP contribution in [0.2, 0.25) is 0 Å². The maximum Gasteiger partial charge on any atom is 0.322 e. The van der Waals surface area contributed by atoms with Crippen LogP contribution in [0.4, 0.5) is 16.2 Å². The molecule has 0 aliphatic carbocycles. The van der Waals surface area contributed by atoms with Crippen LogP contribution in [-0.4, -0.2) is 37.7 Å². The first-order chi connectivity index (χ1) is 13.0. The minimum Gasteiger partial charge on any atom is -0.497 e. The number of benzene rings is 2. The maximum atomic E-state index is 12.4. The molecule has 0 bridgehead atoms. The predicted molar refractivity (Wildman–Crippen MR) is 103 cm³/mol. The van der Waals surface area contributed by atoms with Gasteiger partial charge in [0.05, 0.1) is 13.2 Å². The molecule has 3 rings (SSSR count). The van der Waals surface area contributed by atoms with Crippen molar-refractivity contribution in [2.45, 2.75) is 26.0 Å². The van der Waals surface area contributed by atoms with Gasteiger partial charge in [0.25, 0.3) is 5.91 Å². The van der Waals surface area contributed by atoms with E-state index in [1.54, 1.807) is 61.4 Å². The van der Waals surface area contributed by atoms with Gasteiger partial charge in [0.15, 0.2) is 6.10 Å². The molecule has 7 nitrogen and oxygen atoms in total. The zero-order valence-corrected chi connectivity index (χ0v) is 15.6. The van der Waals surface area contributed by atoms with Gasteiger partial charge in [-0.2, -0.15) is 0 Å². The third kappa shape index (κ3) is 4.31. The van der Waals surface area contributed by atoms with Gasteiger partial charge in [-0.1, -0.05) is 6.07 Å². The Hall–Kier alpha value is -3.22. The van der Waals surface area contributed by atoms with Crippen molar-refractivity contribution < 1.29 is 19.1 Å². The Balaban J connectivity index is 1.64. The zero-order valence-electron chi connectivity index (χ0n) is 15.6. The fraction of sp³-hybridized carbons (Fsp3) is 0.300. The number of hydrogen-bond donors (Lipinski definition) is 2. The molecule has 142 valence electrons. The summed E-state index contributed by atoms with van der Waals surface area (Å²) in [6.45, 7) is 4.25. The summed E-state index contributed by atoms with van der Waals surface area (Å²) in [5.74, 6) is 1.02. The fourth-order valence-electron chi connectivity index (χ4n) is 2.87. The van der Waals surface area contributed by atoms with Crippen molar-refractivity contribution in [3.05, 3.63) is 48.5 Å². The molecule has 0 unspecified atom stereocenters. The topological polar surface area (TPSA) is 79.9 Å². The largest absolute Gasteiger partial charge is 0.497 e. The summed E-state index contributed by atoms with van der Waals surface area (Å²) in [7, 11) is 1.59. The molecule has 1 fully saturated rings. The molecular formula is C20H23N3O4. The van der Waals surface area contributed by atoms with Gasteiger partial charge in [0.1, 0.15) is 11.5 Å². The van der Waals surface area contributed by atoms with Crippen molar-refractivity contribution in [1.82, 2.24) is 5.32 Å². The molecule has 1 aliphatic rings. The number of anilines is 2. The Kier molecular flexibility index (Phi) is 5.49. The normalized spacial score (nSPS) is 17.2. The van der Waals surface area contributed by atoms with E-state index in [4.69, 9.17) is 9.47 Å². The Morgan fingerprint density at radius 3 is 2.56 bits per heavy atom. The summed E-state index contributed by atoms with van der Waals surface area (Å²) in [5, 5.41) is 5.63. The second-order valence-electron chi connectivity index (χ2n) is 6.38. The molecule has 7 heteroatoms. The number of nitrogens with zero attached hydrogens (tertiary/aromatic N) is 1. The lowest BCUT2D eigenvalue weighted by Crippen LogP contribution is -2.32. The lowest BCUT2D eigenvalue weighted by Gasteiger charge is -2.21. The van der Waals surface area contributed by atoms with Crippen LogP contribution in [0.3, 0.4) is 0 Å². The Morgan fingerprint density at radius 1 is 1.22 bits per heavy atom. The van der Waals surface area contributed by atoms with E-state index >= 15 is 0 Å². The average Bonchev–Trinajstić information content (AvgIpc) is 3.01. The fourth-order valence-corrected chi connectivity index (χ4v) is 2.87. The van der Waals surface area contributed by atoms with Crippen LogP contribution in [0.25, 0.3) is 0 Å². The van der Waals surface area contributed by atoms with Crippen molar-refractivity contribution in [2.24, 2.45) is 0 Å². The van der Waals surface area contributed by atoms with Crippen molar-refractivity contribution in [3.8, 4) is 11.5 Å². The van der Waals surface area contributed by atoms with Crippen LogP contribution in [0, 0.1) is 0 Å². The average molecular weight is 369 g/mol. The monoisotopic (exact) mass is 369 g/mol. The van der Waals surface area contributed by atoms with Crippen LogP contribution in [0.15, 0.2) is 48.5 Å². The van der Waals surface area contributed by atoms with Gasteiger partial charge < -0.3 is 20.1 Å². The molecule has 2 aromatic carbocycles. The first-order valence-electron chi connectivity index (χ1n) is 8.76. The molecule has 1 heterocycles. The van der Waals surface area contributed by atoms with Gasteiger partial charge in [0.2, 0.25) is 0 Å². The van der Waals surface area contributed by atoms with Gasteiger partial charge in [0, 0.05) is 17.9 Å². The molecule has 0 aromatic heterocycles. The van der Waals surface area contributed by atoms with Crippen LogP contribution >= 0.6 is 0 Å². The van der Waals surface area contributed by atoms with Crippen LogP contribution in [0.5, 0.6) is 11.5 Å². The number of amides is 3. The van der Waals surface area contributed by atoms with Gasteiger partial charge in [-0.25, -0.2) is 4.79 Å². The molecule has 0 spiro atoms. The van der Waals surface area contributed by atoms with E-state index in [1.807, 2.05) is 13.0 Å². The Labute approximate surface area is 158 Å². The van der Waals surface area contributed by atoms with Crippen molar-refractivity contribution in [2.75, 3.05) is 23.9 Å². The molecule has 27 heavy (non-hydrogen) atoms. The Bertz CT molecular complexity index is 822. The SMILES string of the molecule is COc1ccc(O[C@@H](C)C(=O)Nc2cccc(N3C(=O)NC[C@H]3C)c2)cc1. The summed E-state index contributed by atoms with van der Waals surface area (Å²) in [4.78, 5) is 26.1. The first-order valence-corrected chi connectivity index (χ1v) is 8.76. The lowest BCUT2D eigenvalue weighted by molar-refractivity contribution is -0.122. The maximum absolute atomic E-state index is 12.4. The van der Waals surface area contributed by atoms with Crippen LogP contribution in [-0.2, 0) is 4.79 Å². The molecular weight excluding hydrogens is 346 g/mol. The standard InChI is InChI=1S/C20H23N3O4/c1-13-12-21-20(25)23(13)16-6-4-5-15(11-16)22-19(24)14(2)27-18-9-7-17(26-3)8-10-18/h4-11,13-14H,12H2,1-3H3,(H,21,25)(H,22,24)/t13-,14+/m1/s1. The molecule has 0 radical (unpaired) electrons. The highest BCUT2D eigenvalue weighted by Crippen LogP contribution is 2.24. The predicted octanol–water partition coefficient (Wildman–Crippen LogP) is 3.02. The lowest BCUT2D eigenvalue weighted by atomic mass is 10.2. The molecule has 3 amide bonds. The number of nitrogens with one attached hydrogen (secondary N) is 2. The smallest absolute Gasteiger partial charge is 0.322 e. The molecule has 0 saturated carbocycles. The number of rotatable bonds is 6. The summed E-state index contributed by atoms with van der Waals surface area (Å²) >= 11 is 0. The summed E-state index contributed by atoms with van der Waals surface area (Å²) in [6, 6.07) is 14.2. The zero-order chi connectivity index (χ0) is 19.4. The summed E-state index contributed by atoms with van der Waals surface area (Å²) in [6.07, 6.45) is -0.684. The van der Waals surface area contributed by atoms with E-state index in [0.717, 1.165) is 11.4 Å². The number of ether oxygens (including phenoxy) is 2. The second-order valence-corrected chi connectivity index (χ2v) is 6.38. The number of carbonyl (C=O) groups is 2. The van der Waals surface area contributed by atoms with Gasteiger partial charge in [-0.15, -0.1) is 0 Å².